The summed E-state index contributed by atoms with van der Waals surface area (Å²) < 4.78 is 44.3. The minimum atomic E-state index is -2.98. The lowest BCUT2D eigenvalue weighted by Crippen LogP contribution is -2.40. The molecular weight excluding hydrogens is 390 g/mol. The fourth-order valence-corrected chi connectivity index (χ4v) is 2.42. The Morgan fingerprint density at radius 3 is 2.62 bits per heavy atom. The number of halogens is 2. The molecule has 0 fully saturated rings. The summed E-state index contributed by atoms with van der Waals surface area (Å²) in [5, 5.41) is 0. The number of hydrogen-bond acceptors (Lipinski definition) is 6. The van der Waals surface area contributed by atoms with Gasteiger partial charge in [-0.15, -0.1) is 0 Å². The van der Waals surface area contributed by atoms with Crippen LogP contribution in [0.1, 0.15) is 15.9 Å². The van der Waals surface area contributed by atoms with Crippen LogP contribution in [0.5, 0.6) is 23.0 Å². The van der Waals surface area contributed by atoms with E-state index in [9.17, 15) is 18.4 Å². The molecule has 0 bridgehead atoms. The summed E-state index contributed by atoms with van der Waals surface area (Å²) in [6, 6.07) is 8.80. The number of methoxy groups -OCH3 is 1. The number of fused-ring (bicyclic) bond motifs is 1. The summed E-state index contributed by atoms with van der Waals surface area (Å²) >= 11 is 0. The molecule has 1 aliphatic rings. The van der Waals surface area contributed by atoms with Crippen LogP contribution in [0.25, 0.3) is 6.08 Å². The van der Waals surface area contributed by atoms with E-state index in [0.29, 0.717) is 17.1 Å². The Balaban J connectivity index is 1.56. The van der Waals surface area contributed by atoms with E-state index < -0.39 is 18.4 Å². The van der Waals surface area contributed by atoms with Crippen LogP contribution in [0, 0.1) is 0 Å². The number of ether oxygens (including phenoxy) is 4. The van der Waals surface area contributed by atoms with Crippen LogP contribution in [0.2, 0.25) is 0 Å². The van der Waals surface area contributed by atoms with E-state index >= 15 is 0 Å². The molecule has 1 heterocycles. The molecule has 2 aromatic rings. The molecule has 2 aromatic carbocycles. The predicted molar refractivity (Wildman–Crippen MR) is 96.8 cm³/mol. The summed E-state index contributed by atoms with van der Waals surface area (Å²) in [6.07, 6.45) is 2.57. The predicted octanol–water partition coefficient (Wildman–Crippen LogP) is 2.50. The Bertz CT molecular complexity index is 948. The monoisotopic (exact) mass is 406 g/mol. The number of carbonyl (C=O) groups excluding carboxylic acids is 2. The Kier molecular flexibility index (Phi) is 6.12. The van der Waals surface area contributed by atoms with Crippen molar-refractivity contribution in [2.24, 2.45) is 0 Å². The molecule has 8 nitrogen and oxygen atoms in total. The molecule has 2 amide bonds. The van der Waals surface area contributed by atoms with Gasteiger partial charge in [0.2, 0.25) is 6.79 Å². The van der Waals surface area contributed by atoms with E-state index in [1.807, 2.05) is 0 Å². The Labute approximate surface area is 164 Å². The third kappa shape index (κ3) is 5.12. The number of carbonyl (C=O) groups is 2. The van der Waals surface area contributed by atoms with Crippen molar-refractivity contribution < 1.29 is 37.3 Å². The van der Waals surface area contributed by atoms with Gasteiger partial charge in [0.1, 0.15) is 0 Å². The molecule has 0 spiro atoms. The maximum Gasteiger partial charge on any atom is 0.387 e. The highest BCUT2D eigenvalue weighted by Crippen LogP contribution is 2.32. The first-order chi connectivity index (χ1) is 14.0. The molecule has 0 aliphatic carbocycles. The summed E-state index contributed by atoms with van der Waals surface area (Å²) in [5.41, 5.74) is 5.27. The van der Waals surface area contributed by atoms with Gasteiger partial charge < -0.3 is 18.9 Å². The quantitative estimate of drug-likeness (QED) is 0.566. The molecule has 0 atom stereocenters. The number of nitrogens with one attached hydrogen (secondary N) is 2. The van der Waals surface area contributed by atoms with Crippen molar-refractivity contribution in [3.63, 3.8) is 0 Å². The third-order valence-corrected chi connectivity index (χ3v) is 3.76. The van der Waals surface area contributed by atoms with Crippen LogP contribution in [-0.4, -0.2) is 32.3 Å². The molecule has 2 N–H and O–H groups in total. The fraction of sp³-hybridized carbons (Fsp3) is 0.158. The molecule has 0 saturated carbocycles. The molecule has 1 aliphatic heterocycles. The molecule has 0 radical (unpaired) electrons. The zero-order valence-corrected chi connectivity index (χ0v) is 15.1. The second-order valence-corrected chi connectivity index (χ2v) is 5.63. The van der Waals surface area contributed by atoms with E-state index in [-0.39, 0.29) is 23.9 Å². The lowest BCUT2D eigenvalue weighted by Gasteiger charge is -2.10. The van der Waals surface area contributed by atoms with E-state index in [4.69, 9.17) is 14.2 Å². The minimum Gasteiger partial charge on any atom is -0.493 e. The maximum atomic E-state index is 12.3. The molecular formula is C19H16F2N2O6. The lowest BCUT2D eigenvalue weighted by molar-refractivity contribution is -0.117. The van der Waals surface area contributed by atoms with Gasteiger partial charge in [0.15, 0.2) is 23.0 Å². The molecule has 0 aromatic heterocycles. The first kappa shape index (κ1) is 19.9. The fourth-order valence-electron chi connectivity index (χ4n) is 2.42. The van der Waals surface area contributed by atoms with Crippen molar-refractivity contribution in [3.8, 4) is 23.0 Å². The zero-order chi connectivity index (χ0) is 20.8. The van der Waals surface area contributed by atoms with Gasteiger partial charge >= 0.3 is 6.61 Å². The molecule has 3 rings (SSSR count). The number of rotatable bonds is 6. The number of benzene rings is 2. The highest BCUT2D eigenvalue weighted by atomic mass is 19.3. The van der Waals surface area contributed by atoms with Crippen LogP contribution in [0.3, 0.4) is 0 Å². The summed E-state index contributed by atoms with van der Waals surface area (Å²) in [5.74, 6) is -0.207. The SMILES string of the molecule is COc1cc(C=CC(=O)NNC(=O)c2ccc3c(c2)OCO3)ccc1OC(F)F. The smallest absolute Gasteiger partial charge is 0.387 e. The van der Waals surface area contributed by atoms with E-state index in [1.165, 1.54) is 43.5 Å². The van der Waals surface area contributed by atoms with Crippen LogP contribution < -0.4 is 29.8 Å². The van der Waals surface area contributed by atoms with Gasteiger partial charge in [0, 0.05) is 11.6 Å². The lowest BCUT2D eigenvalue weighted by atomic mass is 10.2. The highest BCUT2D eigenvalue weighted by Gasteiger charge is 2.16. The van der Waals surface area contributed by atoms with Crippen molar-refractivity contribution in [1.82, 2.24) is 10.9 Å². The van der Waals surface area contributed by atoms with Crippen LogP contribution in [-0.2, 0) is 4.79 Å². The van der Waals surface area contributed by atoms with Crippen molar-refractivity contribution >= 4 is 17.9 Å². The second kappa shape index (κ2) is 8.91. The average molecular weight is 406 g/mol. The first-order valence-corrected chi connectivity index (χ1v) is 8.27. The van der Waals surface area contributed by atoms with Gasteiger partial charge in [-0.05, 0) is 42.0 Å². The van der Waals surface area contributed by atoms with Gasteiger partial charge in [-0.25, -0.2) is 0 Å². The number of amides is 2. The minimum absolute atomic E-state index is 0.0853. The van der Waals surface area contributed by atoms with Crippen molar-refractivity contribution in [2.45, 2.75) is 6.61 Å². The summed E-state index contributed by atoms with van der Waals surface area (Å²) in [7, 11) is 1.31. The standard InChI is InChI=1S/C19H16F2N2O6/c1-26-15-8-11(2-5-14(15)29-19(20)21)3-7-17(24)22-23-18(25)12-4-6-13-16(9-12)28-10-27-13/h2-9,19H,10H2,1H3,(H,22,24)(H,23,25). The molecule has 0 unspecified atom stereocenters. The van der Waals surface area contributed by atoms with Gasteiger partial charge in [-0.3, -0.25) is 20.4 Å². The van der Waals surface area contributed by atoms with E-state index in [2.05, 4.69) is 15.6 Å². The first-order valence-electron chi connectivity index (χ1n) is 8.27. The summed E-state index contributed by atoms with van der Waals surface area (Å²) in [4.78, 5) is 24.0. The average Bonchev–Trinajstić information content (AvgIpc) is 3.18. The molecule has 10 heteroatoms. The maximum absolute atomic E-state index is 12.3. The van der Waals surface area contributed by atoms with Crippen LogP contribution >= 0.6 is 0 Å². The van der Waals surface area contributed by atoms with Crippen LogP contribution in [0.4, 0.5) is 8.78 Å². The van der Waals surface area contributed by atoms with Gasteiger partial charge in [0.05, 0.1) is 7.11 Å². The van der Waals surface area contributed by atoms with Gasteiger partial charge in [0.25, 0.3) is 11.8 Å². The van der Waals surface area contributed by atoms with E-state index in [1.54, 1.807) is 6.07 Å². The Hall–Kier alpha value is -3.82. The van der Waals surface area contributed by atoms with Crippen molar-refractivity contribution in [1.29, 1.82) is 0 Å². The third-order valence-electron chi connectivity index (χ3n) is 3.76. The van der Waals surface area contributed by atoms with Crippen molar-refractivity contribution in [3.05, 3.63) is 53.6 Å². The number of hydrogen-bond donors (Lipinski definition) is 2. The number of alkyl halides is 2. The van der Waals surface area contributed by atoms with Gasteiger partial charge in [-0.1, -0.05) is 6.07 Å². The van der Waals surface area contributed by atoms with E-state index in [0.717, 1.165) is 6.08 Å². The Morgan fingerprint density at radius 2 is 1.86 bits per heavy atom. The van der Waals surface area contributed by atoms with Crippen molar-refractivity contribution in [2.75, 3.05) is 13.9 Å². The largest absolute Gasteiger partial charge is 0.493 e. The van der Waals surface area contributed by atoms with Crippen LogP contribution in [0.15, 0.2) is 42.5 Å². The zero-order valence-electron chi connectivity index (χ0n) is 15.1. The number of hydrazine groups is 1. The second-order valence-electron chi connectivity index (χ2n) is 5.63. The normalized spacial score (nSPS) is 12.1. The Morgan fingerprint density at radius 1 is 1.07 bits per heavy atom. The topological polar surface area (TPSA) is 95.1 Å². The molecule has 152 valence electrons. The van der Waals surface area contributed by atoms with Gasteiger partial charge in [-0.2, -0.15) is 8.78 Å². The summed E-state index contributed by atoms with van der Waals surface area (Å²) in [6.45, 7) is -2.90. The highest BCUT2D eigenvalue weighted by molar-refractivity contribution is 5.98. The molecule has 29 heavy (non-hydrogen) atoms. The molecule has 0 saturated heterocycles.